The van der Waals surface area contributed by atoms with E-state index in [0.717, 1.165) is 5.75 Å². The van der Waals surface area contributed by atoms with Gasteiger partial charge in [-0.25, -0.2) is 0 Å². The lowest BCUT2D eigenvalue weighted by molar-refractivity contribution is 0.105. The van der Waals surface area contributed by atoms with Crippen LogP contribution in [0, 0.1) is 0 Å². The van der Waals surface area contributed by atoms with Crippen LogP contribution in [0.15, 0.2) is 43.0 Å². The SMILES string of the molecule is C=CC(N)NCC(O)COc1ccccc1. The lowest BCUT2D eigenvalue weighted by Crippen LogP contribution is -2.41. The first-order valence-corrected chi connectivity index (χ1v) is 5.20. The molecule has 0 heterocycles. The maximum atomic E-state index is 9.58. The van der Waals surface area contributed by atoms with Crippen LogP contribution < -0.4 is 15.8 Å². The van der Waals surface area contributed by atoms with Crippen molar-refractivity contribution in [3.8, 4) is 5.75 Å². The highest BCUT2D eigenvalue weighted by Gasteiger charge is 2.06. The molecule has 4 heteroatoms. The first-order valence-electron chi connectivity index (χ1n) is 5.20. The van der Waals surface area contributed by atoms with Crippen molar-refractivity contribution in [3.63, 3.8) is 0 Å². The van der Waals surface area contributed by atoms with Crippen LogP contribution in [0.5, 0.6) is 5.75 Å². The van der Waals surface area contributed by atoms with E-state index in [4.69, 9.17) is 10.5 Å². The molecule has 0 saturated heterocycles. The molecule has 1 rings (SSSR count). The van der Waals surface area contributed by atoms with E-state index >= 15 is 0 Å². The number of benzene rings is 1. The zero-order valence-electron chi connectivity index (χ0n) is 9.17. The standard InChI is InChI=1S/C12H18N2O2/c1-2-12(13)14-8-10(15)9-16-11-6-4-3-5-7-11/h2-7,10,12,14-15H,1,8-9,13H2. The molecule has 0 aliphatic rings. The number of nitrogens with two attached hydrogens (primary N) is 1. The number of hydrogen-bond acceptors (Lipinski definition) is 4. The second-order valence-corrected chi connectivity index (χ2v) is 3.45. The zero-order valence-corrected chi connectivity index (χ0v) is 9.17. The molecular weight excluding hydrogens is 204 g/mol. The fourth-order valence-electron chi connectivity index (χ4n) is 1.12. The van der Waals surface area contributed by atoms with Crippen LogP contribution in [0.4, 0.5) is 0 Å². The molecule has 1 aromatic carbocycles. The Hall–Kier alpha value is -1.36. The van der Waals surface area contributed by atoms with Gasteiger partial charge in [0.15, 0.2) is 0 Å². The number of nitrogens with one attached hydrogen (secondary N) is 1. The Morgan fingerprint density at radius 2 is 2.12 bits per heavy atom. The minimum absolute atomic E-state index is 0.237. The third-order valence-corrected chi connectivity index (χ3v) is 2.03. The molecule has 4 nitrogen and oxygen atoms in total. The van der Waals surface area contributed by atoms with Crippen LogP contribution in [-0.2, 0) is 0 Å². The van der Waals surface area contributed by atoms with E-state index in [0.29, 0.717) is 6.54 Å². The van der Waals surface area contributed by atoms with Gasteiger partial charge in [0.2, 0.25) is 0 Å². The first kappa shape index (κ1) is 12.7. The van der Waals surface area contributed by atoms with Crippen LogP contribution in [0.1, 0.15) is 0 Å². The lowest BCUT2D eigenvalue weighted by atomic mass is 10.3. The maximum absolute atomic E-state index is 9.58. The van der Waals surface area contributed by atoms with Gasteiger partial charge in [-0.15, -0.1) is 6.58 Å². The Bertz CT molecular complexity index is 303. The molecule has 0 aliphatic heterocycles. The predicted octanol–water partition coefficient (Wildman–Crippen LogP) is 0.487. The molecule has 0 spiro atoms. The minimum atomic E-state index is -0.591. The van der Waals surface area contributed by atoms with Crippen molar-refractivity contribution in [2.24, 2.45) is 5.73 Å². The van der Waals surface area contributed by atoms with Gasteiger partial charge < -0.3 is 15.6 Å². The van der Waals surface area contributed by atoms with Gasteiger partial charge in [0.25, 0.3) is 0 Å². The summed E-state index contributed by atoms with van der Waals surface area (Å²) in [7, 11) is 0. The van der Waals surface area contributed by atoms with Crippen LogP contribution in [0.3, 0.4) is 0 Å². The Labute approximate surface area is 95.7 Å². The number of rotatable bonds is 7. The summed E-state index contributed by atoms with van der Waals surface area (Å²) in [4.78, 5) is 0. The summed E-state index contributed by atoms with van der Waals surface area (Å²) < 4.78 is 5.38. The highest BCUT2D eigenvalue weighted by atomic mass is 16.5. The number of aliphatic hydroxyl groups excluding tert-OH is 1. The Kier molecular flexibility index (Phi) is 5.56. The van der Waals surface area contributed by atoms with Crippen molar-refractivity contribution in [1.82, 2.24) is 5.32 Å². The maximum Gasteiger partial charge on any atom is 0.119 e. The van der Waals surface area contributed by atoms with Crippen molar-refractivity contribution in [1.29, 1.82) is 0 Å². The molecular formula is C12H18N2O2. The molecule has 0 radical (unpaired) electrons. The molecule has 0 fully saturated rings. The molecule has 88 valence electrons. The van der Waals surface area contributed by atoms with E-state index in [9.17, 15) is 5.11 Å². The van der Waals surface area contributed by atoms with Crippen molar-refractivity contribution < 1.29 is 9.84 Å². The van der Waals surface area contributed by atoms with Crippen molar-refractivity contribution in [2.75, 3.05) is 13.2 Å². The molecule has 0 bridgehead atoms. The van der Waals surface area contributed by atoms with Crippen LogP contribution >= 0.6 is 0 Å². The smallest absolute Gasteiger partial charge is 0.119 e. The van der Waals surface area contributed by atoms with Gasteiger partial charge in [-0.2, -0.15) is 0 Å². The van der Waals surface area contributed by atoms with Gasteiger partial charge in [-0.1, -0.05) is 24.3 Å². The fourth-order valence-corrected chi connectivity index (χ4v) is 1.12. The number of para-hydroxylation sites is 1. The highest BCUT2D eigenvalue weighted by molar-refractivity contribution is 5.20. The zero-order chi connectivity index (χ0) is 11.8. The number of aliphatic hydroxyl groups is 1. The summed E-state index contributed by atoms with van der Waals surface area (Å²) >= 11 is 0. The monoisotopic (exact) mass is 222 g/mol. The Morgan fingerprint density at radius 1 is 1.44 bits per heavy atom. The van der Waals surface area contributed by atoms with Crippen LogP contribution in [-0.4, -0.2) is 30.5 Å². The van der Waals surface area contributed by atoms with E-state index in [1.54, 1.807) is 6.08 Å². The molecule has 2 atom stereocenters. The van der Waals surface area contributed by atoms with E-state index in [1.165, 1.54) is 0 Å². The van der Waals surface area contributed by atoms with Gasteiger partial charge >= 0.3 is 0 Å². The summed E-state index contributed by atoms with van der Waals surface area (Å²) in [6.45, 7) is 4.14. The average Bonchev–Trinajstić information content (AvgIpc) is 2.34. The van der Waals surface area contributed by atoms with Crippen molar-refractivity contribution in [2.45, 2.75) is 12.3 Å². The topological polar surface area (TPSA) is 67.5 Å². The van der Waals surface area contributed by atoms with Crippen LogP contribution in [0.2, 0.25) is 0 Å². The summed E-state index contributed by atoms with van der Waals surface area (Å²) in [5.74, 6) is 0.745. The highest BCUT2D eigenvalue weighted by Crippen LogP contribution is 2.08. The van der Waals surface area contributed by atoms with Gasteiger partial charge in [0.05, 0.1) is 6.17 Å². The molecule has 4 N–H and O–H groups in total. The van der Waals surface area contributed by atoms with Gasteiger partial charge in [0.1, 0.15) is 18.5 Å². The molecule has 1 aromatic rings. The Morgan fingerprint density at radius 3 is 2.75 bits per heavy atom. The first-order chi connectivity index (χ1) is 7.72. The second-order valence-electron chi connectivity index (χ2n) is 3.45. The molecule has 0 aromatic heterocycles. The van der Waals surface area contributed by atoms with E-state index < -0.39 is 6.10 Å². The molecule has 0 amide bonds. The van der Waals surface area contributed by atoms with Gasteiger partial charge in [-0.3, -0.25) is 5.32 Å². The van der Waals surface area contributed by atoms with Gasteiger partial charge in [0, 0.05) is 6.54 Å². The second kappa shape index (κ2) is 7.00. The summed E-state index contributed by atoms with van der Waals surface area (Å²) in [5.41, 5.74) is 5.55. The van der Waals surface area contributed by atoms with Crippen molar-refractivity contribution in [3.05, 3.63) is 43.0 Å². The lowest BCUT2D eigenvalue weighted by Gasteiger charge is -2.15. The molecule has 0 aliphatic carbocycles. The van der Waals surface area contributed by atoms with E-state index in [-0.39, 0.29) is 12.8 Å². The molecule has 2 unspecified atom stereocenters. The predicted molar refractivity (Wildman–Crippen MR) is 64.1 cm³/mol. The fraction of sp³-hybridized carbons (Fsp3) is 0.333. The summed E-state index contributed by atoms with van der Waals surface area (Å²) in [6.07, 6.45) is 0.683. The summed E-state index contributed by atoms with van der Waals surface area (Å²) in [5, 5.41) is 12.5. The molecule has 0 saturated carbocycles. The normalized spacial score (nSPS) is 14.1. The third-order valence-electron chi connectivity index (χ3n) is 2.03. The van der Waals surface area contributed by atoms with Crippen molar-refractivity contribution >= 4 is 0 Å². The third kappa shape index (κ3) is 4.93. The van der Waals surface area contributed by atoms with E-state index in [2.05, 4.69) is 11.9 Å². The largest absolute Gasteiger partial charge is 0.491 e. The molecule has 16 heavy (non-hydrogen) atoms. The van der Waals surface area contributed by atoms with E-state index in [1.807, 2.05) is 30.3 Å². The number of ether oxygens (including phenoxy) is 1. The average molecular weight is 222 g/mol. The Balaban J connectivity index is 2.20. The summed E-state index contributed by atoms with van der Waals surface area (Å²) in [6, 6.07) is 9.36. The minimum Gasteiger partial charge on any atom is -0.491 e. The quantitative estimate of drug-likeness (QED) is 0.464. The number of hydrogen-bond donors (Lipinski definition) is 3. The van der Waals surface area contributed by atoms with Gasteiger partial charge in [-0.05, 0) is 12.1 Å². The van der Waals surface area contributed by atoms with Crippen LogP contribution in [0.25, 0.3) is 0 Å².